The molecule has 0 aliphatic carbocycles. The lowest BCUT2D eigenvalue weighted by Crippen LogP contribution is -2.35. The van der Waals surface area contributed by atoms with Gasteiger partial charge in [0, 0.05) is 32.4 Å². The molecule has 2 heterocycles. The highest BCUT2D eigenvalue weighted by atomic mass is 16.5. The summed E-state index contributed by atoms with van der Waals surface area (Å²) >= 11 is 0. The molecule has 0 atom stereocenters. The number of ether oxygens (including phenoxy) is 3. The Kier molecular flexibility index (Phi) is 8.08. The highest BCUT2D eigenvalue weighted by Gasteiger charge is 2.34. The minimum Gasteiger partial charge on any atom is -0.463 e. The first-order chi connectivity index (χ1) is 16.6. The average Bonchev–Trinajstić information content (AvgIpc) is 3.26. The monoisotopic (exact) mass is 463 g/mol. The molecule has 1 aromatic heterocycles. The van der Waals surface area contributed by atoms with Gasteiger partial charge in [0.1, 0.15) is 5.52 Å². The van der Waals surface area contributed by atoms with Gasteiger partial charge in [-0.3, -0.25) is 0 Å². The molecule has 0 bridgehead atoms. The summed E-state index contributed by atoms with van der Waals surface area (Å²) in [6.07, 6.45) is 6.12. The van der Waals surface area contributed by atoms with E-state index < -0.39 is 0 Å². The minimum atomic E-state index is -0.346. The predicted octanol–water partition coefficient (Wildman–Crippen LogP) is 4.72. The van der Waals surface area contributed by atoms with Crippen LogP contribution in [0.4, 0.5) is 0 Å². The van der Waals surface area contributed by atoms with Crippen molar-refractivity contribution in [2.75, 3.05) is 26.4 Å². The van der Waals surface area contributed by atoms with Crippen LogP contribution in [0.15, 0.2) is 48.5 Å². The fraction of sp³-hybridized carbons (Fsp3) is 0.444. The Hall–Kier alpha value is -3.03. The molecule has 1 fully saturated rings. The summed E-state index contributed by atoms with van der Waals surface area (Å²) in [5, 5.41) is 8.98. The van der Waals surface area contributed by atoms with Gasteiger partial charge in [-0.2, -0.15) is 0 Å². The van der Waals surface area contributed by atoms with Crippen molar-refractivity contribution in [3.05, 3.63) is 65.2 Å². The second kappa shape index (κ2) is 11.4. The standard InChI is InChI=1S/C27H33N3O4/c1-3-34-25(31)12-10-23-9-11-24-26(21(23)2)28-29-30(24)20-27(13-16-32-17-14-27)15-18-33-19-22-7-5-4-6-8-22/h4-12H,3,13-20H2,1-2H3/b12-10+. The summed E-state index contributed by atoms with van der Waals surface area (Å²) in [5.74, 6) is -0.346. The molecule has 0 saturated carbocycles. The molecule has 3 aromatic rings. The third kappa shape index (κ3) is 5.90. The van der Waals surface area contributed by atoms with Crippen LogP contribution in [0.2, 0.25) is 0 Å². The maximum atomic E-state index is 11.7. The van der Waals surface area contributed by atoms with Crippen LogP contribution in [0, 0.1) is 12.3 Å². The van der Waals surface area contributed by atoms with Gasteiger partial charge in [0.15, 0.2) is 0 Å². The number of hydrogen-bond acceptors (Lipinski definition) is 6. The van der Waals surface area contributed by atoms with E-state index in [1.54, 1.807) is 13.0 Å². The molecule has 7 heteroatoms. The van der Waals surface area contributed by atoms with Crippen LogP contribution in [0.3, 0.4) is 0 Å². The lowest BCUT2D eigenvalue weighted by Gasteiger charge is -2.37. The van der Waals surface area contributed by atoms with Crippen molar-refractivity contribution in [3.63, 3.8) is 0 Å². The SMILES string of the molecule is CCOC(=O)/C=C/c1ccc2c(nnn2CC2(CCOCc3ccccc3)CCOCC2)c1C. The molecule has 0 unspecified atom stereocenters. The van der Waals surface area contributed by atoms with Crippen LogP contribution in [0.5, 0.6) is 0 Å². The van der Waals surface area contributed by atoms with Crippen LogP contribution in [-0.2, 0) is 32.2 Å². The Morgan fingerprint density at radius 2 is 1.97 bits per heavy atom. The van der Waals surface area contributed by atoms with Gasteiger partial charge >= 0.3 is 5.97 Å². The molecule has 1 aliphatic rings. The summed E-state index contributed by atoms with van der Waals surface area (Å²) in [6, 6.07) is 14.3. The molecule has 0 N–H and O–H groups in total. The Morgan fingerprint density at radius 1 is 1.18 bits per heavy atom. The zero-order chi connectivity index (χ0) is 23.8. The zero-order valence-electron chi connectivity index (χ0n) is 20.0. The second-order valence-electron chi connectivity index (χ2n) is 8.88. The molecule has 0 spiro atoms. The first kappa shape index (κ1) is 24.1. The van der Waals surface area contributed by atoms with E-state index in [9.17, 15) is 4.79 Å². The van der Waals surface area contributed by atoms with Crippen molar-refractivity contribution in [2.24, 2.45) is 5.41 Å². The molecule has 7 nitrogen and oxygen atoms in total. The summed E-state index contributed by atoms with van der Waals surface area (Å²) in [5.41, 5.74) is 5.04. The van der Waals surface area contributed by atoms with Gasteiger partial charge in [-0.1, -0.05) is 41.6 Å². The zero-order valence-corrected chi connectivity index (χ0v) is 20.0. The first-order valence-electron chi connectivity index (χ1n) is 12.0. The van der Waals surface area contributed by atoms with Gasteiger partial charge in [-0.05, 0) is 67.4 Å². The van der Waals surface area contributed by atoms with Gasteiger partial charge in [0.05, 0.1) is 18.7 Å². The fourth-order valence-electron chi connectivity index (χ4n) is 4.49. The number of rotatable bonds is 10. The van der Waals surface area contributed by atoms with Crippen molar-refractivity contribution >= 4 is 23.1 Å². The van der Waals surface area contributed by atoms with Crippen LogP contribution in [0.1, 0.15) is 42.9 Å². The molecular weight excluding hydrogens is 430 g/mol. The maximum absolute atomic E-state index is 11.7. The lowest BCUT2D eigenvalue weighted by atomic mass is 9.77. The number of nitrogens with zero attached hydrogens (tertiary/aromatic N) is 3. The van der Waals surface area contributed by atoms with Crippen LogP contribution >= 0.6 is 0 Å². The summed E-state index contributed by atoms with van der Waals surface area (Å²) in [4.78, 5) is 11.7. The molecule has 4 rings (SSSR count). The van der Waals surface area contributed by atoms with Gasteiger partial charge in [-0.15, -0.1) is 5.10 Å². The number of hydrogen-bond donors (Lipinski definition) is 0. The van der Waals surface area contributed by atoms with E-state index in [-0.39, 0.29) is 11.4 Å². The third-order valence-electron chi connectivity index (χ3n) is 6.59. The quantitative estimate of drug-likeness (QED) is 0.246. The van der Waals surface area contributed by atoms with E-state index in [2.05, 4.69) is 22.4 Å². The lowest BCUT2D eigenvalue weighted by molar-refractivity contribution is -0.137. The molecule has 34 heavy (non-hydrogen) atoms. The van der Waals surface area contributed by atoms with Crippen molar-refractivity contribution < 1.29 is 19.0 Å². The summed E-state index contributed by atoms with van der Waals surface area (Å²) < 4.78 is 18.7. The summed E-state index contributed by atoms with van der Waals surface area (Å²) in [6.45, 7) is 7.78. The number of benzene rings is 2. The Morgan fingerprint density at radius 3 is 2.74 bits per heavy atom. The number of aromatic nitrogens is 3. The molecule has 2 aromatic carbocycles. The number of fused-ring (bicyclic) bond motifs is 1. The van der Waals surface area contributed by atoms with Gasteiger partial charge < -0.3 is 14.2 Å². The van der Waals surface area contributed by atoms with E-state index in [0.29, 0.717) is 19.8 Å². The normalized spacial score (nSPS) is 15.7. The molecular formula is C27H33N3O4. The van der Waals surface area contributed by atoms with E-state index >= 15 is 0 Å². The number of carbonyl (C=O) groups excluding carboxylic acids is 1. The molecule has 1 saturated heterocycles. The maximum Gasteiger partial charge on any atom is 0.330 e. The predicted molar refractivity (Wildman–Crippen MR) is 131 cm³/mol. The smallest absolute Gasteiger partial charge is 0.330 e. The first-order valence-corrected chi connectivity index (χ1v) is 12.0. The highest BCUT2D eigenvalue weighted by Crippen LogP contribution is 2.37. The van der Waals surface area contributed by atoms with E-state index in [1.165, 1.54) is 11.6 Å². The third-order valence-corrected chi connectivity index (χ3v) is 6.59. The largest absolute Gasteiger partial charge is 0.463 e. The van der Waals surface area contributed by atoms with Crippen molar-refractivity contribution in [1.29, 1.82) is 0 Å². The Labute approximate surface area is 200 Å². The fourth-order valence-corrected chi connectivity index (χ4v) is 4.49. The molecule has 0 amide bonds. The minimum absolute atomic E-state index is 0.0615. The van der Waals surface area contributed by atoms with Gasteiger partial charge in [0.25, 0.3) is 0 Å². The van der Waals surface area contributed by atoms with Gasteiger partial charge in [-0.25, -0.2) is 9.48 Å². The molecule has 0 radical (unpaired) electrons. The van der Waals surface area contributed by atoms with Crippen molar-refractivity contribution in [3.8, 4) is 0 Å². The number of carbonyl (C=O) groups is 1. The van der Waals surface area contributed by atoms with Gasteiger partial charge in [0.2, 0.25) is 0 Å². The van der Waals surface area contributed by atoms with E-state index in [4.69, 9.17) is 14.2 Å². The van der Waals surface area contributed by atoms with Crippen LogP contribution in [0.25, 0.3) is 17.1 Å². The van der Waals surface area contributed by atoms with E-state index in [1.807, 2.05) is 41.9 Å². The second-order valence-corrected chi connectivity index (χ2v) is 8.88. The van der Waals surface area contributed by atoms with Crippen LogP contribution in [-0.4, -0.2) is 47.4 Å². The summed E-state index contributed by atoms with van der Waals surface area (Å²) in [7, 11) is 0. The highest BCUT2D eigenvalue weighted by molar-refractivity contribution is 5.89. The van der Waals surface area contributed by atoms with Crippen LogP contribution < -0.4 is 0 Å². The van der Waals surface area contributed by atoms with E-state index in [0.717, 1.165) is 61.2 Å². The average molecular weight is 464 g/mol. The van der Waals surface area contributed by atoms with Crippen molar-refractivity contribution in [1.82, 2.24) is 15.0 Å². The molecule has 1 aliphatic heterocycles. The Bertz CT molecular complexity index is 1120. The van der Waals surface area contributed by atoms with Crippen molar-refractivity contribution in [2.45, 2.75) is 46.3 Å². The Balaban J connectivity index is 1.46. The topological polar surface area (TPSA) is 75.5 Å². The molecule has 180 valence electrons. The number of esters is 1. The number of aryl methyl sites for hydroxylation is 1.